The molecule has 0 radical (unpaired) electrons. The number of thioether (sulfide) groups is 1. The van der Waals surface area contributed by atoms with Crippen molar-refractivity contribution >= 4 is 17.7 Å². The largest absolute Gasteiger partial charge is 0.480 e. The summed E-state index contributed by atoms with van der Waals surface area (Å²) in [4.78, 5) is 10.2. The Labute approximate surface area is 58.6 Å². The Morgan fingerprint density at radius 2 is 2.22 bits per heavy atom. The van der Waals surface area contributed by atoms with E-state index in [0.717, 1.165) is 0 Å². The first-order valence-corrected chi connectivity index (χ1v) is 3.89. The van der Waals surface area contributed by atoms with Crippen molar-refractivity contribution in [2.75, 3.05) is 6.26 Å². The van der Waals surface area contributed by atoms with Gasteiger partial charge in [0, 0.05) is 5.25 Å². The molecule has 0 aliphatic heterocycles. The van der Waals surface area contributed by atoms with Gasteiger partial charge in [0.2, 0.25) is 0 Å². The van der Waals surface area contributed by atoms with Crippen LogP contribution in [0.4, 0.5) is 0 Å². The molecule has 3 nitrogen and oxygen atoms in total. The number of aliphatic carboxylic acids is 1. The van der Waals surface area contributed by atoms with Gasteiger partial charge < -0.3 is 10.8 Å². The summed E-state index contributed by atoms with van der Waals surface area (Å²) in [5.74, 6) is -0.933. The van der Waals surface area contributed by atoms with E-state index in [1.165, 1.54) is 11.8 Å². The van der Waals surface area contributed by atoms with Crippen LogP contribution in [0.2, 0.25) is 0 Å². The first kappa shape index (κ1) is 8.78. The highest BCUT2D eigenvalue weighted by Gasteiger charge is 2.17. The molecule has 9 heavy (non-hydrogen) atoms. The molecule has 0 saturated heterocycles. The van der Waals surface area contributed by atoms with E-state index in [0.29, 0.717) is 0 Å². The molecule has 3 N–H and O–H groups in total. The fourth-order valence-corrected chi connectivity index (χ4v) is 0.757. The van der Waals surface area contributed by atoms with E-state index >= 15 is 0 Å². The van der Waals surface area contributed by atoms with Crippen molar-refractivity contribution in [3.8, 4) is 0 Å². The molecule has 0 rings (SSSR count). The van der Waals surface area contributed by atoms with Crippen LogP contribution in [-0.4, -0.2) is 28.6 Å². The average Bonchev–Trinajstić information content (AvgIpc) is 1.84. The second-order valence-electron chi connectivity index (χ2n) is 1.80. The van der Waals surface area contributed by atoms with Gasteiger partial charge in [0.25, 0.3) is 0 Å². The summed E-state index contributed by atoms with van der Waals surface area (Å²) in [7, 11) is 0. The lowest BCUT2D eigenvalue weighted by Gasteiger charge is -2.11. The van der Waals surface area contributed by atoms with Crippen molar-refractivity contribution in [1.29, 1.82) is 0 Å². The molecule has 0 aromatic carbocycles. The molecule has 54 valence electrons. The minimum absolute atomic E-state index is 0.0116. The minimum Gasteiger partial charge on any atom is -0.480 e. The molecule has 0 amide bonds. The Kier molecular flexibility index (Phi) is 3.65. The van der Waals surface area contributed by atoms with Gasteiger partial charge in [-0.1, -0.05) is 6.92 Å². The fourth-order valence-electron chi connectivity index (χ4n) is 0.347. The highest BCUT2D eigenvalue weighted by Crippen LogP contribution is 2.07. The number of nitrogens with two attached hydrogens (primary N) is 1. The van der Waals surface area contributed by atoms with Crippen LogP contribution >= 0.6 is 11.8 Å². The lowest BCUT2D eigenvalue weighted by atomic mass is 10.2. The fraction of sp³-hybridized carbons (Fsp3) is 0.800. The Morgan fingerprint density at radius 3 is 2.33 bits per heavy atom. The molecule has 0 saturated carbocycles. The number of carboxylic acid groups (broad SMARTS) is 1. The van der Waals surface area contributed by atoms with Crippen LogP contribution in [0.25, 0.3) is 0 Å². The molecule has 0 aliphatic rings. The topological polar surface area (TPSA) is 63.3 Å². The summed E-state index contributed by atoms with van der Waals surface area (Å²) in [6.07, 6.45) is 1.84. The van der Waals surface area contributed by atoms with Crippen LogP contribution in [0.15, 0.2) is 0 Å². The summed E-state index contributed by atoms with van der Waals surface area (Å²) in [5.41, 5.74) is 5.25. The smallest absolute Gasteiger partial charge is 0.321 e. The summed E-state index contributed by atoms with van der Waals surface area (Å²) in [5, 5.41) is 8.33. The second-order valence-corrected chi connectivity index (χ2v) is 3.02. The number of hydrogen-bond donors (Lipinski definition) is 2. The van der Waals surface area contributed by atoms with Crippen molar-refractivity contribution < 1.29 is 9.90 Å². The predicted molar refractivity (Wildman–Crippen MR) is 38.6 cm³/mol. The molecule has 0 fully saturated rings. The van der Waals surface area contributed by atoms with Gasteiger partial charge in [0.05, 0.1) is 0 Å². The zero-order valence-corrected chi connectivity index (χ0v) is 6.31. The highest BCUT2D eigenvalue weighted by atomic mass is 32.2. The van der Waals surface area contributed by atoms with E-state index in [1.54, 1.807) is 6.92 Å². The number of rotatable bonds is 3. The maximum Gasteiger partial charge on any atom is 0.321 e. The van der Waals surface area contributed by atoms with Crippen molar-refractivity contribution in [2.24, 2.45) is 5.73 Å². The number of carboxylic acids is 1. The Balaban J connectivity index is 3.72. The van der Waals surface area contributed by atoms with E-state index in [1.807, 2.05) is 6.26 Å². The molecule has 4 heteroatoms. The van der Waals surface area contributed by atoms with Crippen molar-refractivity contribution in [3.63, 3.8) is 0 Å². The SMILES string of the molecule is CSC(C)[C@@H](N)C(=O)O. The third kappa shape index (κ3) is 2.72. The van der Waals surface area contributed by atoms with E-state index in [-0.39, 0.29) is 5.25 Å². The third-order valence-corrected chi connectivity index (χ3v) is 2.20. The van der Waals surface area contributed by atoms with E-state index in [9.17, 15) is 4.79 Å². The lowest BCUT2D eigenvalue weighted by molar-refractivity contribution is -0.138. The minimum atomic E-state index is -0.933. The molecule has 0 aromatic heterocycles. The summed E-state index contributed by atoms with van der Waals surface area (Å²) < 4.78 is 0. The van der Waals surface area contributed by atoms with Gasteiger partial charge in [-0.25, -0.2) is 0 Å². The van der Waals surface area contributed by atoms with Gasteiger partial charge >= 0.3 is 5.97 Å². The van der Waals surface area contributed by atoms with Gasteiger partial charge in [-0.3, -0.25) is 4.79 Å². The van der Waals surface area contributed by atoms with E-state index in [4.69, 9.17) is 10.8 Å². The second kappa shape index (κ2) is 3.74. The first-order chi connectivity index (χ1) is 4.09. The Hall–Kier alpha value is -0.220. The molecule has 0 bridgehead atoms. The highest BCUT2D eigenvalue weighted by molar-refractivity contribution is 7.99. The molecular formula is C5H11NO2S. The van der Waals surface area contributed by atoms with E-state index in [2.05, 4.69) is 0 Å². The Bertz CT molecular complexity index is 107. The summed E-state index contributed by atoms with van der Waals surface area (Å²) >= 11 is 1.46. The van der Waals surface area contributed by atoms with Gasteiger partial charge in [-0.05, 0) is 6.26 Å². The molecule has 0 aliphatic carbocycles. The van der Waals surface area contributed by atoms with Crippen molar-refractivity contribution in [1.82, 2.24) is 0 Å². The van der Waals surface area contributed by atoms with Gasteiger partial charge in [-0.2, -0.15) is 11.8 Å². The lowest BCUT2D eigenvalue weighted by Crippen LogP contribution is -2.38. The zero-order valence-electron chi connectivity index (χ0n) is 5.50. The predicted octanol–water partition coefficient (Wildman–Crippen LogP) is 0.150. The van der Waals surface area contributed by atoms with Crippen molar-refractivity contribution in [3.05, 3.63) is 0 Å². The van der Waals surface area contributed by atoms with Gasteiger partial charge in [0.1, 0.15) is 6.04 Å². The van der Waals surface area contributed by atoms with Crippen LogP contribution in [-0.2, 0) is 4.79 Å². The molecule has 1 unspecified atom stereocenters. The standard InChI is InChI=1S/C5H11NO2S/c1-3(9-2)4(6)5(7)8/h3-4H,6H2,1-2H3,(H,7,8)/t3?,4-/m1/s1. The quantitative estimate of drug-likeness (QED) is 0.599. The van der Waals surface area contributed by atoms with Crippen LogP contribution in [0.3, 0.4) is 0 Å². The molecular weight excluding hydrogens is 138 g/mol. The van der Waals surface area contributed by atoms with Gasteiger partial charge in [0.15, 0.2) is 0 Å². The molecule has 0 aromatic rings. The Morgan fingerprint density at radius 1 is 1.78 bits per heavy atom. The maximum absolute atomic E-state index is 10.2. The third-order valence-electron chi connectivity index (χ3n) is 1.16. The van der Waals surface area contributed by atoms with Gasteiger partial charge in [-0.15, -0.1) is 0 Å². The maximum atomic E-state index is 10.2. The first-order valence-electron chi connectivity index (χ1n) is 2.60. The van der Waals surface area contributed by atoms with Crippen LogP contribution in [0, 0.1) is 0 Å². The van der Waals surface area contributed by atoms with Crippen molar-refractivity contribution in [2.45, 2.75) is 18.2 Å². The van der Waals surface area contributed by atoms with Crippen LogP contribution < -0.4 is 5.73 Å². The molecule has 0 spiro atoms. The molecule has 2 atom stereocenters. The normalized spacial score (nSPS) is 16.8. The van der Waals surface area contributed by atoms with E-state index < -0.39 is 12.0 Å². The van der Waals surface area contributed by atoms with Crippen LogP contribution in [0.1, 0.15) is 6.92 Å². The monoisotopic (exact) mass is 149 g/mol. The van der Waals surface area contributed by atoms with Crippen LogP contribution in [0.5, 0.6) is 0 Å². The average molecular weight is 149 g/mol. The number of carbonyl (C=O) groups is 1. The number of hydrogen-bond acceptors (Lipinski definition) is 3. The zero-order chi connectivity index (χ0) is 7.44. The molecule has 0 heterocycles. The summed E-state index contributed by atoms with van der Waals surface area (Å²) in [6, 6.07) is -0.736. The summed E-state index contributed by atoms with van der Waals surface area (Å²) in [6.45, 7) is 1.80.